The largest absolute Gasteiger partial charge is 0.398 e. The summed E-state index contributed by atoms with van der Waals surface area (Å²) >= 11 is 5.99. The van der Waals surface area contributed by atoms with Gasteiger partial charge in [-0.15, -0.1) is 0 Å². The summed E-state index contributed by atoms with van der Waals surface area (Å²) in [5.74, 6) is -0.234. The van der Waals surface area contributed by atoms with Crippen LogP contribution in [-0.4, -0.2) is 6.54 Å². The quantitative estimate of drug-likeness (QED) is 0.854. The van der Waals surface area contributed by atoms with Crippen LogP contribution in [0.3, 0.4) is 0 Å². The Labute approximate surface area is 117 Å². The summed E-state index contributed by atoms with van der Waals surface area (Å²) in [6.45, 7) is 3.50. The smallest absolute Gasteiger partial charge is 0.123 e. The molecular weight excluding hydrogens is 263 g/mol. The molecule has 2 rings (SSSR count). The van der Waals surface area contributed by atoms with Gasteiger partial charge in [0.2, 0.25) is 0 Å². The van der Waals surface area contributed by atoms with Crippen molar-refractivity contribution in [2.45, 2.75) is 13.5 Å². The number of benzene rings is 2. The summed E-state index contributed by atoms with van der Waals surface area (Å²) in [6.07, 6.45) is 0. The minimum atomic E-state index is -0.234. The van der Waals surface area contributed by atoms with Crippen molar-refractivity contribution < 1.29 is 4.39 Å². The van der Waals surface area contributed by atoms with Crippen molar-refractivity contribution in [3.05, 3.63) is 58.9 Å². The first-order valence-electron chi connectivity index (χ1n) is 6.14. The Morgan fingerprint density at radius 1 is 1.16 bits per heavy atom. The summed E-state index contributed by atoms with van der Waals surface area (Å²) in [4.78, 5) is 2.11. The number of nitrogens with zero attached hydrogens (tertiary/aromatic N) is 1. The highest BCUT2D eigenvalue weighted by Gasteiger charge is 2.08. The van der Waals surface area contributed by atoms with E-state index >= 15 is 0 Å². The molecule has 0 atom stereocenters. The van der Waals surface area contributed by atoms with Crippen LogP contribution in [0.25, 0.3) is 0 Å². The van der Waals surface area contributed by atoms with E-state index in [-0.39, 0.29) is 5.82 Å². The van der Waals surface area contributed by atoms with Crippen LogP contribution in [-0.2, 0) is 6.54 Å². The molecule has 0 radical (unpaired) electrons. The number of nitrogens with two attached hydrogens (primary N) is 1. The third-order valence-corrected chi connectivity index (χ3v) is 3.27. The van der Waals surface area contributed by atoms with E-state index in [1.165, 1.54) is 12.1 Å². The van der Waals surface area contributed by atoms with Crippen LogP contribution in [0.4, 0.5) is 15.8 Å². The lowest BCUT2D eigenvalue weighted by Crippen LogP contribution is -2.22. The highest BCUT2D eigenvalue weighted by molar-refractivity contribution is 6.30. The SMILES string of the molecule is CCN(Cc1cc(Cl)ccc1N)c1ccc(F)cc1. The topological polar surface area (TPSA) is 29.3 Å². The minimum absolute atomic E-state index is 0.234. The molecule has 0 saturated heterocycles. The average Bonchev–Trinajstić information content (AvgIpc) is 2.41. The number of halogens is 2. The van der Waals surface area contributed by atoms with E-state index in [0.29, 0.717) is 17.3 Å². The Balaban J connectivity index is 2.23. The van der Waals surface area contributed by atoms with E-state index in [9.17, 15) is 4.39 Å². The Morgan fingerprint density at radius 3 is 2.47 bits per heavy atom. The van der Waals surface area contributed by atoms with Gasteiger partial charge >= 0.3 is 0 Å². The molecule has 2 aromatic carbocycles. The number of anilines is 2. The van der Waals surface area contributed by atoms with E-state index in [0.717, 1.165) is 17.8 Å². The van der Waals surface area contributed by atoms with Crippen LogP contribution in [0.2, 0.25) is 5.02 Å². The first-order chi connectivity index (χ1) is 9.10. The van der Waals surface area contributed by atoms with Crippen molar-refractivity contribution in [2.24, 2.45) is 0 Å². The highest BCUT2D eigenvalue weighted by Crippen LogP contribution is 2.23. The Bertz CT molecular complexity index is 555. The molecular formula is C15H16ClFN2. The van der Waals surface area contributed by atoms with Crippen molar-refractivity contribution in [1.82, 2.24) is 0 Å². The standard InChI is InChI=1S/C15H16ClFN2/c1-2-19(14-6-4-13(17)5-7-14)10-11-9-12(16)3-8-15(11)18/h3-9H,2,10,18H2,1H3. The summed E-state index contributed by atoms with van der Waals surface area (Å²) in [6, 6.07) is 11.9. The van der Waals surface area contributed by atoms with Crippen molar-refractivity contribution in [3.8, 4) is 0 Å². The first-order valence-corrected chi connectivity index (χ1v) is 6.52. The maximum atomic E-state index is 12.9. The molecule has 19 heavy (non-hydrogen) atoms. The van der Waals surface area contributed by atoms with Crippen LogP contribution >= 0.6 is 11.6 Å². The molecule has 4 heteroatoms. The number of rotatable bonds is 4. The monoisotopic (exact) mass is 278 g/mol. The summed E-state index contributed by atoms with van der Waals surface area (Å²) in [5.41, 5.74) is 8.59. The van der Waals surface area contributed by atoms with Gasteiger partial charge in [0.05, 0.1) is 0 Å². The molecule has 0 saturated carbocycles. The maximum absolute atomic E-state index is 12.9. The molecule has 0 unspecified atom stereocenters. The molecule has 0 aliphatic rings. The van der Waals surface area contributed by atoms with E-state index in [1.54, 1.807) is 24.3 Å². The lowest BCUT2D eigenvalue weighted by Gasteiger charge is -2.24. The zero-order valence-electron chi connectivity index (χ0n) is 10.7. The fraction of sp³-hybridized carbons (Fsp3) is 0.200. The van der Waals surface area contributed by atoms with Gasteiger partial charge in [-0.25, -0.2) is 4.39 Å². The molecule has 2 nitrogen and oxygen atoms in total. The minimum Gasteiger partial charge on any atom is -0.398 e. The lowest BCUT2D eigenvalue weighted by atomic mass is 10.1. The fourth-order valence-corrected chi connectivity index (χ4v) is 2.15. The van der Waals surface area contributed by atoms with Crippen molar-refractivity contribution in [2.75, 3.05) is 17.2 Å². The van der Waals surface area contributed by atoms with Crippen LogP contribution in [0, 0.1) is 5.82 Å². The normalized spacial score (nSPS) is 10.5. The third kappa shape index (κ3) is 3.38. The lowest BCUT2D eigenvalue weighted by molar-refractivity contribution is 0.627. The predicted octanol–water partition coefficient (Wildman–Crippen LogP) is 4.09. The van der Waals surface area contributed by atoms with Crippen molar-refractivity contribution in [1.29, 1.82) is 0 Å². The summed E-state index contributed by atoms with van der Waals surface area (Å²) in [5, 5.41) is 0.666. The molecule has 100 valence electrons. The molecule has 0 aliphatic heterocycles. The Morgan fingerprint density at radius 2 is 1.84 bits per heavy atom. The van der Waals surface area contributed by atoms with E-state index in [4.69, 9.17) is 17.3 Å². The van der Waals surface area contributed by atoms with Crippen LogP contribution < -0.4 is 10.6 Å². The highest BCUT2D eigenvalue weighted by atomic mass is 35.5. The fourth-order valence-electron chi connectivity index (χ4n) is 1.95. The molecule has 2 N–H and O–H groups in total. The van der Waals surface area contributed by atoms with Gasteiger partial charge in [0.25, 0.3) is 0 Å². The molecule has 0 amide bonds. The number of hydrogen-bond donors (Lipinski definition) is 1. The van der Waals surface area contributed by atoms with Gasteiger partial charge in [-0.3, -0.25) is 0 Å². The maximum Gasteiger partial charge on any atom is 0.123 e. The van der Waals surface area contributed by atoms with E-state index in [1.807, 2.05) is 13.0 Å². The number of hydrogen-bond acceptors (Lipinski definition) is 2. The second-order valence-corrected chi connectivity index (χ2v) is 4.77. The molecule has 2 aromatic rings. The van der Waals surface area contributed by atoms with Gasteiger partial charge in [-0.05, 0) is 55.0 Å². The van der Waals surface area contributed by atoms with Crippen molar-refractivity contribution in [3.63, 3.8) is 0 Å². The van der Waals surface area contributed by atoms with Crippen LogP contribution in [0.15, 0.2) is 42.5 Å². The van der Waals surface area contributed by atoms with Gasteiger partial charge in [-0.1, -0.05) is 11.6 Å². The van der Waals surface area contributed by atoms with Gasteiger partial charge in [0.15, 0.2) is 0 Å². The van der Waals surface area contributed by atoms with E-state index < -0.39 is 0 Å². The van der Waals surface area contributed by atoms with Crippen LogP contribution in [0.1, 0.15) is 12.5 Å². The summed E-state index contributed by atoms with van der Waals surface area (Å²) < 4.78 is 12.9. The second-order valence-electron chi connectivity index (χ2n) is 4.33. The van der Waals surface area contributed by atoms with Gasteiger partial charge in [-0.2, -0.15) is 0 Å². The van der Waals surface area contributed by atoms with E-state index in [2.05, 4.69) is 4.90 Å². The van der Waals surface area contributed by atoms with Crippen LogP contribution in [0.5, 0.6) is 0 Å². The molecule has 0 spiro atoms. The molecule has 0 aliphatic carbocycles. The Kier molecular flexibility index (Phi) is 4.27. The van der Waals surface area contributed by atoms with Crippen molar-refractivity contribution >= 4 is 23.0 Å². The molecule has 0 heterocycles. The molecule has 0 fully saturated rings. The molecule has 0 bridgehead atoms. The zero-order chi connectivity index (χ0) is 13.8. The zero-order valence-corrected chi connectivity index (χ0v) is 11.5. The van der Waals surface area contributed by atoms with Gasteiger partial charge in [0, 0.05) is 29.5 Å². The predicted molar refractivity (Wildman–Crippen MR) is 79.0 cm³/mol. The Hall–Kier alpha value is -1.74. The first kappa shape index (κ1) is 13.7. The third-order valence-electron chi connectivity index (χ3n) is 3.04. The van der Waals surface area contributed by atoms with Gasteiger partial charge < -0.3 is 10.6 Å². The summed E-state index contributed by atoms with van der Waals surface area (Å²) in [7, 11) is 0. The second kappa shape index (κ2) is 5.93. The van der Waals surface area contributed by atoms with Gasteiger partial charge in [0.1, 0.15) is 5.82 Å². The molecule has 0 aromatic heterocycles. The number of nitrogen functional groups attached to an aromatic ring is 1. The average molecular weight is 279 g/mol.